The Morgan fingerprint density at radius 1 is 1.47 bits per heavy atom. The third kappa shape index (κ3) is 1.54. The van der Waals surface area contributed by atoms with Crippen molar-refractivity contribution >= 4 is 23.1 Å². The molecule has 3 aliphatic rings. The van der Waals surface area contributed by atoms with Crippen LogP contribution in [0.1, 0.15) is 6.42 Å². The molecule has 2 bridgehead atoms. The fourth-order valence-corrected chi connectivity index (χ4v) is 2.26. The van der Waals surface area contributed by atoms with Crippen LogP contribution >= 0.6 is 11.6 Å². The van der Waals surface area contributed by atoms with Crippen molar-refractivity contribution < 1.29 is 4.74 Å². The van der Waals surface area contributed by atoms with Crippen molar-refractivity contribution in [1.82, 2.24) is 4.98 Å². The quantitative estimate of drug-likeness (QED) is 0.783. The highest BCUT2D eigenvalue weighted by atomic mass is 35.5. The number of nitrogens with zero attached hydrogens (tertiary/aromatic N) is 2. The van der Waals surface area contributed by atoms with Crippen LogP contribution in [0.4, 0.5) is 11.5 Å². The molecule has 0 aliphatic carbocycles. The van der Waals surface area contributed by atoms with E-state index in [0.29, 0.717) is 22.9 Å². The van der Waals surface area contributed by atoms with E-state index in [9.17, 15) is 0 Å². The SMILES string of the molecule is Nc1cc(N2CC3CC(C2)O3)ncc1Cl. The number of ether oxygens (including phenoxy) is 1. The van der Waals surface area contributed by atoms with Crippen LogP contribution in [0, 0.1) is 0 Å². The smallest absolute Gasteiger partial charge is 0.130 e. The standard InChI is InChI=1S/C10H12ClN3O/c11-8-3-13-10(2-9(8)12)14-4-6-1-7(5-14)15-6/h2-3,6-7H,1,4-5H2,(H2,12,13). The van der Waals surface area contributed by atoms with Crippen molar-refractivity contribution in [2.75, 3.05) is 23.7 Å². The van der Waals surface area contributed by atoms with Crippen LogP contribution in [0.15, 0.2) is 12.3 Å². The molecule has 2 atom stereocenters. The minimum absolute atomic E-state index is 0.377. The molecule has 2 unspecified atom stereocenters. The van der Waals surface area contributed by atoms with Crippen LogP contribution in [0.5, 0.6) is 0 Å². The molecule has 4 nitrogen and oxygen atoms in total. The third-order valence-electron chi connectivity index (χ3n) is 2.95. The Morgan fingerprint density at radius 2 is 2.13 bits per heavy atom. The topological polar surface area (TPSA) is 51.4 Å². The van der Waals surface area contributed by atoms with Crippen LogP contribution in [0.25, 0.3) is 0 Å². The van der Waals surface area contributed by atoms with Crippen molar-refractivity contribution in [3.8, 4) is 0 Å². The van der Waals surface area contributed by atoms with Crippen molar-refractivity contribution in [1.29, 1.82) is 0 Å². The van der Waals surface area contributed by atoms with Gasteiger partial charge in [-0.25, -0.2) is 4.98 Å². The second-order valence-corrected chi connectivity index (χ2v) is 4.49. The van der Waals surface area contributed by atoms with Gasteiger partial charge in [0, 0.05) is 31.8 Å². The summed E-state index contributed by atoms with van der Waals surface area (Å²) >= 11 is 5.83. The first-order valence-corrected chi connectivity index (χ1v) is 5.41. The number of hydrogen-bond donors (Lipinski definition) is 1. The average Bonchev–Trinajstić information content (AvgIpc) is 2.21. The van der Waals surface area contributed by atoms with E-state index >= 15 is 0 Å². The minimum Gasteiger partial charge on any atom is -0.397 e. The molecule has 4 rings (SSSR count). The highest BCUT2D eigenvalue weighted by Gasteiger charge is 2.38. The highest BCUT2D eigenvalue weighted by Crippen LogP contribution is 2.31. The fourth-order valence-electron chi connectivity index (χ4n) is 2.16. The molecule has 0 saturated carbocycles. The van der Waals surface area contributed by atoms with E-state index in [1.807, 2.05) is 6.07 Å². The number of piperidine rings is 1. The average molecular weight is 226 g/mol. The van der Waals surface area contributed by atoms with Gasteiger partial charge in [-0.2, -0.15) is 0 Å². The summed E-state index contributed by atoms with van der Waals surface area (Å²) in [6, 6.07) is 1.83. The Bertz CT molecular complexity index is 382. The zero-order chi connectivity index (χ0) is 10.4. The van der Waals surface area contributed by atoms with Crippen molar-refractivity contribution in [3.63, 3.8) is 0 Å². The molecule has 0 spiro atoms. The summed E-state index contributed by atoms with van der Waals surface area (Å²) in [5.74, 6) is 0.898. The Kier molecular flexibility index (Phi) is 2.00. The molecule has 5 heteroatoms. The molecule has 2 N–H and O–H groups in total. The molecule has 80 valence electrons. The number of anilines is 2. The maximum absolute atomic E-state index is 5.83. The first kappa shape index (κ1) is 9.24. The van der Waals surface area contributed by atoms with Gasteiger partial charge in [0.2, 0.25) is 0 Å². The fraction of sp³-hybridized carbons (Fsp3) is 0.500. The number of pyridine rings is 1. The van der Waals surface area contributed by atoms with Gasteiger partial charge in [-0.05, 0) is 0 Å². The van der Waals surface area contributed by atoms with Gasteiger partial charge in [0.15, 0.2) is 0 Å². The largest absolute Gasteiger partial charge is 0.397 e. The van der Waals surface area contributed by atoms with Gasteiger partial charge in [-0.15, -0.1) is 0 Å². The summed E-state index contributed by atoms with van der Waals surface area (Å²) in [6.07, 6.45) is 3.54. The number of nitrogens with two attached hydrogens (primary N) is 1. The van der Waals surface area contributed by atoms with Gasteiger partial charge < -0.3 is 15.4 Å². The van der Waals surface area contributed by atoms with Crippen LogP contribution in [-0.4, -0.2) is 30.3 Å². The predicted molar refractivity (Wildman–Crippen MR) is 59.2 cm³/mol. The normalized spacial score (nSPS) is 28.7. The van der Waals surface area contributed by atoms with E-state index in [1.54, 1.807) is 6.20 Å². The molecular weight excluding hydrogens is 214 g/mol. The van der Waals surface area contributed by atoms with Crippen molar-refractivity contribution in [3.05, 3.63) is 17.3 Å². The molecule has 15 heavy (non-hydrogen) atoms. The number of rotatable bonds is 1. The lowest BCUT2D eigenvalue weighted by molar-refractivity contribution is -0.133. The van der Waals surface area contributed by atoms with Gasteiger partial charge >= 0.3 is 0 Å². The lowest BCUT2D eigenvalue weighted by Crippen LogP contribution is -2.57. The van der Waals surface area contributed by atoms with Gasteiger partial charge in [-0.3, -0.25) is 0 Å². The number of nitrogen functional groups attached to an aromatic ring is 1. The van der Waals surface area contributed by atoms with Gasteiger partial charge in [0.05, 0.1) is 22.9 Å². The van der Waals surface area contributed by atoms with Crippen LogP contribution < -0.4 is 10.6 Å². The van der Waals surface area contributed by atoms with Crippen LogP contribution in [-0.2, 0) is 4.74 Å². The Labute approximate surface area is 93.0 Å². The summed E-state index contributed by atoms with van der Waals surface area (Å²) < 4.78 is 5.55. The zero-order valence-corrected chi connectivity index (χ0v) is 8.94. The third-order valence-corrected chi connectivity index (χ3v) is 3.27. The number of fused-ring (bicyclic) bond motifs is 2. The molecule has 3 saturated heterocycles. The molecule has 1 aromatic rings. The summed E-state index contributed by atoms with van der Waals surface area (Å²) in [5, 5.41) is 0.511. The predicted octanol–water partition coefficient (Wildman–Crippen LogP) is 1.29. The molecular formula is C10H12ClN3O. The van der Waals surface area contributed by atoms with E-state index in [4.69, 9.17) is 22.1 Å². The summed E-state index contributed by atoms with van der Waals surface area (Å²) in [4.78, 5) is 6.48. The molecule has 1 aromatic heterocycles. The van der Waals surface area contributed by atoms with Gasteiger partial charge in [0.25, 0.3) is 0 Å². The first-order valence-electron chi connectivity index (χ1n) is 5.04. The van der Waals surface area contributed by atoms with Gasteiger partial charge in [-0.1, -0.05) is 11.6 Å². The molecule has 0 amide bonds. The summed E-state index contributed by atoms with van der Waals surface area (Å²) in [5.41, 5.74) is 6.33. The maximum atomic E-state index is 5.83. The summed E-state index contributed by atoms with van der Waals surface area (Å²) in [7, 11) is 0. The Balaban J connectivity index is 1.83. The van der Waals surface area contributed by atoms with E-state index < -0.39 is 0 Å². The number of halogens is 1. The number of hydrogen-bond acceptors (Lipinski definition) is 4. The van der Waals surface area contributed by atoms with Crippen molar-refractivity contribution in [2.45, 2.75) is 18.6 Å². The number of aromatic nitrogens is 1. The van der Waals surface area contributed by atoms with Crippen LogP contribution in [0.2, 0.25) is 5.02 Å². The molecule has 3 aliphatic heterocycles. The van der Waals surface area contributed by atoms with Crippen molar-refractivity contribution in [2.24, 2.45) is 0 Å². The highest BCUT2D eigenvalue weighted by molar-refractivity contribution is 6.32. The Hall–Kier alpha value is -1.00. The zero-order valence-electron chi connectivity index (χ0n) is 8.19. The van der Waals surface area contributed by atoms with E-state index in [2.05, 4.69) is 9.88 Å². The lowest BCUT2D eigenvalue weighted by Gasteiger charge is -2.47. The van der Waals surface area contributed by atoms with Gasteiger partial charge in [0.1, 0.15) is 5.82 Å². The first-order chi connectivity index (χ1) is 7.22. The molecule has 4 heterocycles. The number of morpholine rings is 1. The summed E-state index contributed by atoms with van der Waals surface area (Å²) in [6.45, 7) is 1.81. The van der Waals surface area contributed by atoms with E-state index in [1.165, 1.54) is 6.42 Å². The molecule has 3 fully saturated rings. The minimum atomic E-state index is 0.377. The maximum Gasteiger partial charge on any atom is 0.130 e. The van der Waals surface area contributed by atoms with E-state index in [-0.39, 0.29) is 0 Å². The lowest BCUT2D eigenvalue weighted by atomic mass is 9.99. The monoisotopic (exact) mass is 225 g/mol. The van der Waals surface area contributed by atoms with E-state index in [0.717, 1.165) is 18.9 Å². The second kappa shape index (κ2) is 3.25. The molecule has 0 aromatic carbocycles. The Morgan fingerprint density at radius 3 is 2.73 bits per heavy atom. The molecule has 0 radical (unpaired) electrons. The van der Waals surface area contributed by atoms with Crippen LogP contribution in [0.3, 0.4) is 0 Å². The second-order valence-electron chi connectivity index (χ2n) is 4.08.